The molecule has 0 aliphatic rings. The standard InChI is InChI=1S/C19H18BrN3O3/c1-25-13-23-11-17(10-21-23)22-19(24)15-5-2-4-14(8-15)12-26-18-7-3-6-16(20)9-18/h2-11H,12-13H2,1H3,(H,22,24). The summed E-state index contributed by atoms with van der Waals surface area (Å²) in [7, 11) is 1.58. The van der Waals surface area contributed by atoms with Gasteiger partial charge in [-0.15, -0.1) is 0 Å². The molecule has 1 heterocycles. The molecule has 0 fully saturated rings. The first kappa shape index (κ1) is 18.2. The molecule has 0 bridgehead atoms. The molecule has 1 N–H and O–H groups in total. The highest BCUT2D eigenvalue weighted by Gasteiger charge is 2.09. The van der Waals surface area contributed by atoms with Crippen molar-refractivity contribution in [2.75, 3.05) is 12.4 Å². The van der Waals surface area contributed by atoms with E-state index < -0.39 is 0 Å². The number of rotatable bonds is 7. The van der Waals surface area contributed by atoms with Crippen molar-refractivity contribution in [3.63, 3.8) is 0 Å². The highest BCUT2D eigenvalue weighted by atomic mass is 79.9. The van der Waals surface area contributed by atoms with Crippen LogP contribution in [0.15, 0.2) is 65.4 Å². The fourth-order valence-electron chi connectivity index (χ4n) is 2.36. The van der Waals surface area contributed by atoms with Crippen molar-refractivity contribution in [2.45, 2.75) is 13.3 Å². The molecule has 3 aromatic rings. The van der Waals surface area contributed by atoms with E-state index in [4.69, 9.17) is 9.47 Å². The minimum absolute atomic E-state index is 0.203. The quantitative estimate of drug-likeness (QED) is 0.631. The number of nitrogens with zero attached hydrogens (tertiary/aromatic N) is 2. The molecule has 6 nitrogen and oxygen atoms in total. The Hall–Kier alpha value is -2.64. The molecule has 0 aliphatic heterocycles. The number of carbonyl (C=O) groups excluding carboxylic acids is 1. The van der Waals surface area contributed by atoms with Crippen molar-refractivity contribution in [1.29, 1.82) is 0 Å². The molecule has 1 amide bonds. The lowest BCUT2D eigenvalue weighted by Crippen LogP contribution is -2.12. The van der Waals surface area contributed by atoms with E-state index in [2.05, 4.69) is 26.3 Å². The lowest BCUT2D eigenvalue weighted by molar-refractivity contribution is 0.102. The lowest BCUT2D eigenvalue weighted by atomic mass is 10.1. The van der Waals surface area contributed by atoms with Crippen molar-refractivity contribution in [1.82, 2.24) is 9.78 Å². The van der Waals surface area contributed by atoms with Gasteiger partial charge in [0.15, 0.2) is 0 Å². The van der Waals surface area contributed by atoms with Gasteiger partial charge in [-0.25, -0.2) is 4.68 Å². The van der Waals surface area contributed by atoms with E-state index in [9.17, 15) is 4.79 Å². The summed E-state index contributed by atoms with van der Waals surface area (Å²) in [6.45, 7) is 0.710. The molecule has 134 valence electrons. The Morgan fingerprint density at radius 2 is 2.08 bits per heavy atom. The number of nitrogens with one attached hydrogen (secondary N) is 1. The van der Waals surface area contributed by atoms with Gasteiger partial charge in [0, 0.05) is 17.1 Å². The molecule has 26 heavy (non-hydrogen) atoms. The smallest absolute Gasteiger partial charge is 0.255 e. The summed E-state index contributed by atoms with van der Waals surface area (Å²) in [5.41, 5.74) is 2.08. The van der Waals surface area contributed by atoms with Crippen LogP contribution in [0, 0.1) is 0 Å². The van der Waals surface area contributed by atoms with Crippen LogP contribution in [-0.4, -0.2) is 22.8 Å². The largest absolute Gasteiger partial charge is 0.489 e. The third-order valence-electron chi connectivity index (χ3n) is 3.54. The number of halogens is 1. The van der Waals surface area contributed by atoms with Crippen LogP contribution in [0.1, 0.15) is 15.9 Å². The van der Waals surface area contributed by atoms with Gasteiger partial charge in [-0.3, -0.25) is 4.79 Å². The third kappa shape index (κ3) is 4.93. The van der Waals surface area contributed by atoms with Crippen molar-refractivity contribution >= 4 is 27.5 Å². The predicted molar refractivity (Wildman–Crippen MR) is 102 cm³/mol. The summed E-state index contributed by atoms with van der Waals surface area (Å²) in [5, 5.41) is 6.91. The maximum atomic E-state index is 12.4. The van der Waals surface area contributed by atoms with E-state index in [0.717, 1.165) is 15.8 Å². The Balaban J connectivity index is 1.63. The van der Waals surface area contributed by atoms with Gasteiger partial charge in [0.1, 0.15) is 19.1 Å². The average Bonchev–Trinajstić information content (AvgIpc) is 3.08. The zero-order valence-corrected chi connectivity index (χ0v) is 15.8. The summed E-state index contributed by atoms with van der Waals surface area (Å²) in [6.07, 6.45) is 3.29. The third-order valence-corrected chi connectivity index (χ3v) is 4.04. The number of hydrogen-bond acceptors (Lipinski definition) is 4. The molecule has 0 unspecified atom stereocenters. The van der Waals surface area contributed by atoms with E-state index in [1.54, 1.807) is 30.3 Å². The molecule has 1 aromatic heterocycles. The summed E-state index contributed by atoms with van der Waals surface area (Å²) in [6, 6.07) is 15.0. The number of anilines is 1. The molecule has 2 aromatic carbocycles. The van der Waals surface area contributed by atoms with Crippen molar-refractivity contribution < 1.29 is 14.3 Å². The number of hydrogen-bond donors (Lipinski definition) is 1. The zero-order valence-electron chi connectivity index (χ0n) is 14.2. The van der Waals surface area contributed by atoms with E-state index in [1.807, 2.05) is 42.5 Å². The first-order valence-corrected chi connectivity index (χ1v) is 8.73. The van der Waals surface area contributed by atoms with Crippen molar-refractivity contribution in [2.24, 2.45) is 0 Å². The molecule has 0 spiro atoms. The first-order valence-electron chi connectivity index (χ1n) is 7.94. The Kier molecular flexibility index (Phi) is 6.04. The van der Waals surface area contributed by atoms with Crippen LogP contribution in [-0.2, 0) is 18.1 Å². The van der Waals surface area contributed by atoms with Gasteiger partial charge >= 0.3 is 0 Å². The van der Waals surface area contributed by atoms with Gasteiger partial charge in [-0.05, 0) is 35.9 Å². The number of carbonyl (C=O) groups is 1. The maximum absolute atomic E-state index is 12.4. The number of benzene rings is 2. The molecule has 3 rings (SSSR count). The molecule has 0 aliphatic carbocycles. The maximum Gasteiger partial charge on any atom is 0.255 e. The molecule has 0 saturated heterocycles. The Bertz CT molecular complexity index is 895. The van der Waals surface area contributed by atoms with Crippen LogP contribution in [0.25, 0.3) is 0 Å². The topological polar surface area (TPSA) is 65.4 Å². The molecule has 0 radical (unpaired) electrons. The van der Waals surface area contributed by atoms with Crippen LogP contribution in [0.4, 0.5) is 5.69 Å². The van der Waals surface area contributed by atoms with E-state index in [0.29, 0.717) is 24.6 Å². The summed E-state index contributed by atoms with van der Waals surface area (Å²) >= 11 is 3.41. The van der Waals surface area contributed by atoms with Crippen molar-refractivity contribution in [3.05, 3.63) is 76.5 Å². The monoisotopic (exact) mass is 415 g/mol. The molecular formula is C19H18BrN3O3. The molecular weight excluding hydrogens is 398 g/mol. The van der Waals surface area contributed by atoms with Gasteiger partial charge in [0.2, 0.25) is 0 Å². The van der Waals surface area contributed by atoms with E-state index >= 15 is 0 Å². The van der Waals surface area contributed by atoms with E-state index in [1.165, 1.54) is 0 Å². The van der Waals surface area contributed by atoms with Gasteiger partial charge in [-0.2, -0.15) is 5.10 Å². The summed E-state index contributed by atoms with van der Waals surface area (Å²) < 4.78 is 13.3. The fourth-order valence-corrected chi connectivity index (χ4v) is 2.74. The second kappa shape index (κ2) is 8.64. The number of amides is 1. The second-order valence-electron chi connectivity index (χ2n) is 5.59. The lowest BCUT2D eigenvalue weighted by Gasteiger charge is -2.08. The van der Waals surface area contributed by atoms with Gasteiger partial charge in [0.05, 0.1) is 18.1 Å². The van der Waals surface area contributed by atoms with Crippen LogP contribution < -0.4 is 10.1 Å². The SMILES string of the molecule is COCn1cc(NC(=O)c2cccc(COc3cccc(Br)c3)c2)cn1. The minimum atomic E-state index is -0.203. The van der Waals surface area contributed by atoms with Crippen LogP contribution in [0.3, 0.4) is 0 Å². The highest BCUT2D eigenvalue weighted by molar-refractivity contribution is 9.10. The second-order valence-corrected chi connectivity index (χ2v) is 6.50. The summed E-state index contributed by atoms with van der Waals surface area (Å²) in [5.74, 6) is 0.561. The Morgan fingerprint density at radius 1 is 1.23 bits per heavy atom. The molecule has 0 saturated carbocycles. The predicted octanol–water partition coefficient (Wildman–Crippen LogP) is 4.08. The Morgan fingerprint density at radius 3 is 2.88 bits per heavy atom. The van der Waals surface area contributed by atoms with E-state index in [-0.39, 0.29) is 5.91 Å². The number of aromatic nitrogens is 2. The van der Waals surface area contributed by atoms with Gasteiger partial charge in [0.25, 0.3) is 5.91 Å². The highest BCUT2D eigenvalue weighted by Crippen LogP contribution is 2.19. The number of methoxy groups -OCH3 is 1. The van der Waals surface area contributed by atoms with Gasteiger partial charge in [-0.1, -0.05) is 34.1 Å². The normalized spacial score (nSPS) is 10.5. The molecule has 0 atom stereocenters. The first-order chi connectivity index (χ1) is 12.6. The number of ether oxygens (including phenoxy) is 2. The minimum Gasteiger partial charge on any atom is -0.489 e. The Labute approximate surface area is 159 Å². The zero-order chi connectivity index (χ0) is 18.4. The molecule has 7 heteroatoms. The van der Waals surface area contributed by atoms with Crippen molar-refractivity contribution in [3.8, 4) is 5.75 Å². The van der Waals surface area contributed by atoms with Crippen LogP contribution in [0.2, 0.25) is 0 Å². The summed E-state index contributed by atoms with van der Waals surface area (Å²) in [4.78, 5) is 12.4. The fraction of sp³-hybridized carbons (Fsp3) is 0.158. The van der Waals surface area contributed by atoms with Gasteiger partial charge < -0.3 is 14.8 Å². The average molecular weight is 416 g/mol. The van der Waals surface area contributed by atoms with Crippen LogP contribution >= 0.6 is 15.9 Å². The van der Waals surface area contributed by atoms with Crippen LogP contribution in [0.5, 0.6) is 5.75 Å².